The van der Waals surface area contributed by atoms with Gasteiger partial charge in [-0.15, -0.1) is 12.4 Å². The Morgan fingerprint density at radius 2 is 1.77 bits per heavy atom. The molecule has 0 spiro atoms. The van der Waals surface area contributed by atoms with Gasteiger partial charge in [-0.2, -0.15) is 5.10 Å². The molecule has 10 heteroatoms. The van der Waals surface area contributed by atoms with E-state index >= 15 is 0 Å². The molecular formula is C21H21Cl2N5O3. The molecule has 0 radical (unpaired) electrons. The standard InChI is InChI=1S/C21H20ClN5O3.ClH/c22-15-1-3-16(4-2-15)25-21(28)19-13-24-26(20(19)14-9-11-23-12-10-14)17-5-7-18(8-6-17)27(29)30;/h1-8,13-14,23H,9-12H2,(H,25,28);1H. The van der Waals surface area contributed by atoms with Crippen LogP contribution in [0.2, 0.25) is 5.02 Å². The molecule has 1 aliphatic rings. The number of aromatic nitrogens is 2. The largest absolute Gasteiger partial charge is 0.322 e. The van der Waals surface area contributed by atoms with Gasteiger partial charge >= 0.3 is 0 Å². The van der Waals surface area contributed by atoms with Gasteiger partial charge in [0, 0.05) is 28.8 Å². The van der Waals surface area contributed by atoms with Gasteiger partial charge in [-0.05, 0) is 62.3 Å². The number of piperidine rings is 1. The minimum Gasteiger partial charge on any atom is -0.322 e. The SMILES string of the molecule is Cl.O=C(Nc1ccc(Cl)cc1)c1cnn(-c2ccc([N+](=O)[O-])cc2)c1C1CCNCC1. The lowest BCUT2D eigenvalue weighted by molar-refractivity contribution is -0.384. The number of rotatable bonds is 5. The summed E-state index contributed by atoms with van der Waals surface area (Å²) >= 11 is 5.92. The zero-order chi connectivity index (χ0) is 21.1. The molecule has 2 aromatic carbocycles. The molecule has 8 nitrogen and oxygen atoms in total. The maximum absolute atomic E-state index is 13.0. The molecule has 1 fully saturated rings. The summed E-state index contributed by atoms with van der Waals surface area (Å²) in [7, 11) is 0. The summed E-state index contributed by atoms with van der Waals surface area (Å²) in [6, 6.07) is 13.1. The average Bonchev–Trinajstić information content (AvgIpc) is 3.21. The molecule has 2 heterocycles. The van der Waals surface area contributed by atoms with E-state index in [0.29, 0.717) is 22.0 Å². The summed E-state index contributed by atoms with van der Waals surface area (Å²) in [6.45, 7) is 1.71. The number of carbonyl (C=O) groups is 1. The summed E-state index contributed by atoms with van der Waals surface area (Å²) < 4.78 is 1.72. The highest BCUT2D eigenvalue weighted by Gasteiger charge is 2.27. The van der Waals surface area contributed by atoms with E-state index in [-0.39, 0.29) is 29.9 Å². The van der Waals surface area contributed by atoms with Gasteiger partial charge in [-0.1, -0.05) is 11.6 Å². The number of nitro benzene ring substituents is 1. The number of hydrogen-bond donors (Lipinski definition) is 2. The summed E-state index contributed by atoms with van der Waals surface area (Å²) in [5, 5.41) is 22.2. The molecule has 31 heavy (non-hydrogen) atoms. The van der Waals surface area contributed by atoms with Crippen molar-refractivity contribution in [2.75, 3.05) is 18.4 Å². The van der Waals surface area contributed by atoms with Gasteiger partial charge in [0.1, 0.15) is 0 Å². The second-order valence-electron chi connectivity index (χ2n) is 7.11. The minimum atomic E-state index is -0.439. The smallest absolute Gasteiger partial charge is 0.269 e. The van der Waals surface area contributed by atoms with E-state index in [4.69, 9.17) is 11.6 Å². The van der Waals surface area contributed by atoms with E-state index in [1.54, 1.807) is 47.3 Å². The fourth-order valence-electron chi connectivity index (χ4n) is 3.67. The third kappa shape index (κ3) is 5.04. The third-order valence-corrected chi connectivity index (χ3v) is 5.44. The molecule has 0 atom stereocenters. The number of nitrogens with one attached hydrogen (secondary N) is 2. The Morgan fingerprint density at radius 3 is 2.39 bits per heavy atom. The first-order valence-corrected chi connectivity index (χ1v) is 10.0. The monoisotopic (exact) mass is 461 g/mol. The number of nitrogens with zero attached hydrogens (tertiary/aromatic N) is 3. The van der Waals surface area contributed by atoms with Crippen molar-refractivity contribution in [3.8, 4) is 5.69 Å². The number of anilines is 1. The predicted molar refractivity (Wildman–Crippen MR) is 122 cm³/mol. The van der Waals surface area contributed by atoms with Crippen molar-refractivity contribution in [3.05, 3.63) is 81.1 Å². The van der Waals surface area contributed by atoms with Crippen LogP contribution in [0.5, 0.6) is 0 Å². The molecule has 2 N–H and O–H groups in total. The van der Waals surface area contributed by atoms with Crippen LogP contribution in [-0.2, 0) is 0 Å². The zero-order valence-corrected chi connectivity index (χ0v) is 18.0. The highest BCUT2D eigenvalue weighted by Crippen LogP contribution is 2.31. The summed E-state index contributed by atoms with van der Waals surface area (Å²) in [4.78, 5) is 23.6. The van der Waals surface area contributed by atoms with Crippen LogP contribution in [0, 0.1) is 10.1 Å². The second kappa shape index (κ2) is 9.91. The molecule has 3 aromatic rings. The van der Waals surface area contributed by atoms with Gasteiger partial charge in [-0.3, -0.25) is 14.9 Å². The van der Waals surface area contributed by atoms with Crippen molar-refractivity contribution >= 4 is 41.3 Å². The van der Waals surface area contributed by atoms with Gasteiger partial charge in [-0.25, -0.2) is 4.68 Å². The fourth-order valence-corrected chi connectivity index (χ4v) is 3.80. The van der Waals surface area contributed by atoms with Crippen molar-refractivity contribution < 1.29 is 9.72 Å². The Bertz CT molecular complexity index is 1060. The van der Waals surface area contributed by atoms with Gasteiger partial charge in [0.25, 0.3) is 11.6 Å². The number of non-ortho nitro benzene ring substituents is 1. The van der Waals surface area contributed by atoms with Gasteiger partial charge in [0.2, 0.25) is 0 Å². The van der Waals surface area contributed by atoms with Crippen LogP contribution in [-0.4, -0.2) is 33.7 Å². The summed E-state index contributed by atoms with van der Waals surface area (Å²) in [5.74, 6) is -0.103. The van der Waals surface area contributed by atoms with Crippen LogP contribution in [0.15, 0.2) is 54.7 Å². The molecule has 1 aromatic heterocycles. The first kappa shape index (κ1) is 22.7. The Morgan fingerprint density at radius 1 is 1.13 bits per heavy atom. The summed E-state index contributed by atoms with van der Waals surface area (Å²) in [5.41, 5.74) is 2.64. The van der Waals surface area contributed by atoms with E-state index in [9.17, 15) is 14.9 Å². The van der Waals surface area contributed by atoms with Gasteiger partial charge < -0.3 is 10.6 Å². The van der Waals surface area contributed by atoms with Crippen molar-refractivity contribution in [2.45, 2.75) is 18.8 Å². The van der Waals surface area contributed by atoms with Crippen LogP contribution >= 0.6 is 24.0 Å². The van der Waals surface area contributed by atoms with E-state index < -0.39 is 4.92 Å². The number of benzene rings is 2. The topological polar surface area (TPSA) is 102 Å². The molecule has 1 saturated heterocycles. The highest BCUT2D eigenvalue weighted by atomic mass is 35.5. The Hall–Kier alpha value is -2.94. The molecule has 1 amide bonds. The highest BCUT2D eigenvalue weighted by molar-refractivity contribution is 6.30. The van der Waals surface area contributed by atoms with Crippen molar-refractivity contribution in [2.24, 2.45) is 0 Å². The number of amides is 1. The van der Waals surface area contributed by atoms with E-state index in [2.05, 4.69) is 15.7 Å². The summed E-state index contributed by atoms with van der Waals surface area (Å²) in [6.07, 6.45) is 3.31. The zero-order valence-electron chi connectivity index (χ0n) is 16.5. The Balaban J connectivity index is 0.00000272. The fraction of sp³-hybridized carbons (Fsp3) is 0.238. The first-order chi connectivity index (χ1) is 14.5. The normalized spacial score (nSPS) is 14.0. The number of carbonyl (C=O) groups excluding carboxylic acids is 1. The third-order valence-electron chi connectivity index (χ3n) is 5.18. The maximum Gasteiger partial charge on any atom is 0.269 e. The lowest BCUT2D eigenvalue weighted by Crippen LogP contribution is -2.29. The minimum absolute atomic E-state index is 0. The van der Waals surface area contributed by atoms with E-state index in [1.807, 2.05) is 0 Å². The number of nitro groups is 1. The molecule has 162 valence electrons. The Kier molecular flexibility index (Phi) is 7.27. The number of hydrogen-bond acceptors (Lipinski definition) is 5. The lowest BCUT2D eigenvalue weighted by Gasteiger charge is -2.24. The van der Waals surface area contributed by atoms with Crippen LogP contribution in [0.3, 0.4) is 0 Å². The van der Waals surface area contributed by atoms with Crippen LogP contribution in [0.4, 0.5) is 11.4 Å². The lowest BCUT2D eigenvalue weighted by atomic mass is 9.91. The van der Waals surface area contributed by atoms with Gasteiger partial charge in [0.05, 0.1) is 28.1 Å². The van der Waals surface area contributed by atoms with E-state index in [1.165, 1.54) is 12.1 Å². The van der Waals surface area contributed by atoms with Crippen LogP contribution in [0.1, 0.15) is 34.8 Å². The second-order valence-corrected chi connectivity index (χ2v) is 7.55. The molecule has 0 unspecified atom stereocenters. The molecule has 0 aliphatic carbocycles. The number of halogens is 2. The van der Waals surface area contributed by atoms with E-state index in [0.717, 1.165) is 31.6 Å². The van der Waals surface area contributed by atoms with Crippen molar-refractivity contribution in [1.29, 1.82) is 0 Å². The van der Waals surface area contributed by atoms with Crippen LogP contribution < -0.4 is 10.6 Å². The molecule has 0 saturated carbocycles. The van der Waals surface area contributed by atoms with Crippen molar-refractivity contribution in [3.63, 3.8) is 0 Å². The maximum atomic E-state index is 13.0. The first-order valence-electron chi connectivity index (χ1n) is 9.63. The Labute approximate surface area is 190 Å². The van der Waals surface area contributed by atoms with Gasteiger partial charge in [0.15, 0.2) is 0 Å². The van der Waals surface area contributed by atoms with Crippen molar-refractivity contribution in [1.82, 2.24) is 15.1 Å². The van der Waals surface area contributed by atoms with Crippen LogP contribution in [0.25, 0.3) is 5.69 Å². The average molecular weight is 462 g/mol. The molecule has 4 rings (SSSR count). The molecule has 0 bridgehead atoms. The predicted octanol–water partition coefficient (Wildman–Crippen LogP) is 4.58. The quantitative estimate of drug-likeness (QED) is 0.427. The molecular weight excluding hydrogens is 441 g/mol. The molecule has 1 aliphatic heterocycles.